The first-order chi connectivity index (χ1) is 7.95. The molecule has 1 atom stereocenters. The zero-order valence-corrected chi connectivity index (χ0v) is 11.1. The molecule has 1 aromatic carbocycles. The van der Waals surface area contributed by atoms with Crippen LogP contribution in [0.25, 0.3) is 0 Å². The molecule has 0 saturated carbocycles. The van der Waals surface area contributed by atoms with Gasteiger partial charge in [-0.3, -0.25) is 0 Å². The van der Waals surface area contributed by atoms with Gasteiger partial charge in [0.25, 0.3) is 0 Å². The molecule has 0 spiro atoms. The Labute approximate surface area is 104 Å². The Morgan fingerprint density at radius 1 is 1.35 bits per heavy atom. The number of hydrogen-bond acceptors (Lipinski definition) is 2. The Balaban J connectivity index is 2.74. The van der Waals surface area contributed by atoms with Gasteiger partial charge in [-0.25, -0.2) is 13.1 Å². The molecule has 0 fully saturated rings. The zero-order valence-electron chi connectivity index (χ0n) is 10.3. The van der Waals surface area contributed by atoms with Gasteiger partial charge in [0.05, 0.1) is 4.90 Å². The van der Waals surface area contributed by atoms with E-state index in [4.69, 9.17) is 0 Å². The summed E-state index contributed by atoms with van der Waals surface area (Å²) >= 11 is 0. The molecule has 1 rings (SSSR count). The molecule has 0 aliphatic rings. The van der Waals surface area contributed by atoms with Crippen LogP contribution in [-0.4, -0.2) is 14.5 Å². The number of rotatable bonds is 6. The molecular weight excluding hydrogens is 234 g/mol. The maximum atomic E-state index is 12.0. The molecule has 0 amide bonds. The van der Waals surface area contributed by atoms with E-state index in [2.05, 4.69) is 11.3 Å². The van der Waals surface area contributed by atoms with Gasteiger partial charge in [0.1, 0.15) is 0 Å². The zero-order chi connectivity index (χ0) is 12.9. The molecule has 94 valence electrons. The predicted molar refractivity (Wildman–Crippen MR) is 70.4 cm³/mol. The van der Waals surface area contributed by atoms with Crippen molar-refractivity contribution in [2.45, 2.75) is 37.6 Å². The van der Waals surface area contributed by atoms with E-state index in [9.17, 15) is 8.42 Å². The van der Waals surface area contributed by atoms with Crippen molar-refractivity contribution < 1.29 is 8.42 Å². The van der Waals surface area contributed by atoms with Crippen LogP contribution in [0.3, 0.4) is 0 Å². The van der Waals surface area contributed by atoms with Crippen molar-refractivity contribution in [1.82, 2.24) is 4.72 Å². The lowest BCUT2D eigenvalue weighted by atomic mass is 10.2. The lowest BCUT2D eigenvalue weighted by Gasteiger charge is -2.13. The molecule has 0 bridgehead atoms. The van der Waals surface area contributed by atoms with Crippen molar-refractivity contribution in [3.8, 4) is 0 Å². The monoisotopic (exact) mass is 253 g/mol. The van der Waals surface area contributed by atoms with Crippen LogP contribution >= 0.6 is 0 Å². The van der Waals surface area contributed by atoms with Gasteiger partial charge in [0.2, 0.25) is 10.0 Å². The number of aryl methyl sites for hydroxylation is 1. The average molecular weight is 253 g/mol. The number of hydrogen-bond donors (Lipinski definition) is 1. The van der Waals surface area contributed by atoms with Gasteiger partial charge in [0, 0.05) is 6.04 Å². The molecule has 0 radical (unpaired) electrons. The van der Waals surface area contributed by atoms with Crippen LogP contribution in [-0.2, 0) is 10.0 Å². The minimum atomic E-state index is -3.39. The molecule has 1 N–H and O–H groups in total. The third-order valence-electron chi connectivity index (χ3n) is 2.49. The lowest BCUT2D eigenvalue weighted by Crippen LogP contribution is -2.32. The second kappa shape index (κ2) is 5.98. The van der Waals surface area contributed by atoms with Crippen LogP contribution in [0.1, 0.15) is 25.3 Å². The van der Waals surface area contributed by atoms with E-state index in [1.54, 1.807) is 30.3 Å². The van der Waals surface area contributed by atoms with Gasteiger partial charge in [-0.05, 0) is 38.8 Å². The molecule has 0 aromatic heterocycles. The van der Waals surface area contributed by atoms with Crippen LogP contribution in [0.15, 0.2) is 41.8 Å². The van der Waals surface area contributed by atoms with Crippen LogP contribution in [0.4, 0.5) is 0 Å². The quantitative estimate of drug-likeness (QED) is 0.792. The minimum absolute atomic E-state index is 0.0840. The molecular formula is C13H19NO2S. The third-order valence-corrected chi connectivity index (χ3v) is 4.10. The highest BCUT2D eigenvalue weighted by molar-refractivity contribution is 7.89. The van der Waals surface area contributed by atoms with E-state index in [0.717, 1.165) is 18.4 Å². The Kier molecular flexibility index (Phi) is 4.90. The Hall–Kier alpha value is -1.13. The SMILES string of the molecule is C=CCC[C@H](C)NS(=O)(=O)c1ccc(C)cc1. The summed E-state index contributed by atoms with van der Waals surface area (Å²) in [5, 5.41) is 0. The maximum absolute atomic E-state index is 12.0. The van der Waals surface area contributed by atoms with Gasteiger partial charge < -0.3 is 0 Å². The number of allylic oxidation sites excluding steroid dienone is 1. The molecule has 0 unspecified atom stereocenters. The third kappa shape index (κ3) is 4.32. The van der Waals surface area contributed by atoms with Crippen molar-refractivity contribution in [2.24, 2.45) is 0 Å². The standard InChI is InChI=1S/C13H19NO2S/c1-4-5-6-12(3)14-17(15,16)13-9-7-11(2)8-10-13/h4,7-10,12,14H,1,5-6H2,2-3H3/t12-/m0/s1. The molecule has 1 aromatic rings. The maximum Gasteiger partial charge on any atom is 0.240 e. The van der Waals surface area contributed by atoms with Crippen LogP contribution in [0, 0.1) is 6.92 Å². The second-order valence-electron chi connectivity index (χ2n) is 4.20. The topological polar surface area (TPSA) is 46.2 Å². The summed E-state index contributed by atoms with van der Waals surface area (Å²) in [6.45, 7) is 7.40. The van der Waals surface area contributed by atoms with Gasteiger partial charge in [0.15, 0.2) is 0 Å². The fraction of sp³-hybridized carbons (Fsp3) is 0.385. The fourth-order valence-electron chi connectivity index (χ4n) is 1.48. The molecule has 17 heavy (non-hydrogen) atoms. The lowest BCUT2D eigenvalue weighted by molar-refractivity contribution is 0.549. The summed E-state index contributed by atoms with van der Waals surface area (Å²) in [6, 6.07) is 6.75. The van der Waals surface area contributed by atoms with E-state index in [1.165, 1.54) is 0 Å². The first-order valence-electron chi connectivity index (χ1n) is 5.65. The first-order valence-corrected chi connectivity index (χ1v) is 7.14. The largest absolute Gasteiger partial charge is 0.240 e. The smallest absolute Gasteiger partial charge is 0.208 e. The summed E-state index contributed by atoms with van der Waals surface area (Å²) < 4.78 is 26.6. The molecule has 0 aliphatic heterocycles. The highest BCUT2D eigenvalue weighted by atomic mass is 32.2. The number of benzene rings is 1. The van der Waals surface area contributed by atoms with Crippen LogP contribution in [0.2, 0.25) is 0 Å². The normalized spacial score (nSPS) is 13.3. The Morgan fingerprint density at radius 3 is 2.47 bits per heavy atom. The van der Waals surface area contributed by atoms with Gasteiger partial charge >= 0.3 is 0 Å². The minimum Gasteiger partial charge on any atom is -0.208 e. The van der Waals surface area contributed by atoms with Crippen molar-refractivity contribution in [1.29, 1.82) is 0 Å². The summed E-state index contributed by atoms with van der Waals surface area (Å²) in [7, 11) is -3.39. The predicted octanol–water partition coefficient (Wildman–Crippen LogP) is 2.63. The van der Waals surface area contributed by atoms with E-state index >= 15 is 0 Å². The molecule has 4 heteroatoms. The molecule has 0 saturated heterocycles. The summed E-state index contributed by atoms with van der Waals surface area (Å²) in [5.41, 5.74) is 1.05. The van der Waals surface area contributed by atoms with E-state index in [-0.39, 0.29) is 6.04 Å². The van der Waals surface area contributed by atoms with Gasteiger partial charge in [-0.15, -0.1) is 6.58 Å². The van der Waals surface area contributed by atoms with E-state index in [1.807, 2.05) is 13.8 Å². The Morgan fingerprint density at radius 2 is 1.94 bits per heavy atom. The van der Waals surface area contributed by atoms with Crippen molar-refractivity contribution in [2.75, 3.05) is 0 Å². The second-order valence-corrected chi connectivity index (χ2v) is 5.92. The first kappa shape index (κ1) is 13.9. The fourth-order valence-corrected chi connectivity index (χ4v) is 2.76. The molecule has 0 heterocycles. The summed E-state index contributed by atoms with van der Waals surface area (Å²) in [4.78, 5) is 0.313. The molecule has 0 aliphatic carbocycles. The molecule has 3 nitrogen and oxygen atoms in total. The van der Waals surface area contributed by atoms with Crippen molar-refractivity contribution >= 4 is 10.0 Å². The van der Waals surface area contributed by atoms with E-state index < -0.39 is 10.0 Å². The van der Waals surface area contributed by atoms with Gasteiger partial charge in [-0.2, -0.15) is 0 Å². The van der Waals surface area contributed by atoms with Crippen molar-refractivity contribution in [3.05, 3.63) is 42.5 Å². The number of sulfonamides is 1. The number of nitrogens with one attached hydrogen (secondary N) is 1. The average Bonchev–Trinajstić information content (AvgIpc) is 2.26. The highest BCUT2D eigenvalue weighted by Crippen LogP contribution is 2.11. The van der Waals surface area contributed by atoms with Crippen molar-refractivity contribution in [3.63, 3.8) is 0 Å². The van der Waals surface area contributed by atoms with E-state index in [0.29, 0.717) is 4.90 Å². The van der Waals surface area contributed by atoms with Crippen LogP contribution < -0.4 is 4.72 Å². The summed E-state index contributed by atoms with van der Waals surface area (Å²) in [5.74, 6) is 0. The summed E-state index contributed by atoms with van der Waals surface area (Å²) in [6.07, 6.45) is 3.35. The highest BCUT2D eigenvalue weighted by Gasteiger charge is 2.16. The van der Waals surface area contributed by atoms with Gasteiger partial charge in [-0.1, -0.05) is 23.8 Å². The van der Waals surface area contributed by atoms with Crippen LogP contribution in [0.5, 0.6) is 0 Å². The Bertz CT molecular complexity index is 463.